The highest BCUT2D eigenvalue weighted by Gasteiger charge is 2.24. The summed E-state index contributed by atoms with van der Waals surface area (Å²) in [5.74, 6) is -0.186. The van der Waals surface area contributed by atoms with E-state index in [1.54, 1.807) is 46.1 Å². The molecule has 3 heterocycles. The Balaban J connectivity index is 1.56. The van der Waals surface area contributed by atoms with Crippen LogP contribution < -0.4 is 0 Å². The fraction of sp³-hybridized carbons (Fsp3) is 0.167. The van der Waals surface area contributed by atoms with Crippen molar-refractivity contribution in [1.82, 2.24) is 19.5 Å². The predicted molar refractivity (Wildman–Crippen MR) is 102 cm³/mol. The highest BCUT2D eigenvalue weighted by atomic mass is 79.9. The number of halogens is 1. The average Bonchev–Trinajstić information content (AvgIpc) is 3.10. The zero-order valence-corrected chi connectivity index (χ0v) is 15.7. The summed E-state index contributed by atoms with van der Waals surface area (Å²) < 4.78 is 2.32. The zero-order chi connectivity index (χ0) is 19.0. The van der Waals surface area contributed by atoms with Gasteiger partial charge in [-0.2, -0.15) is 5.10 Å². The lowest BCUT2D eigenvalue weighted by Crippen LogP contribution is -2.35. The number of rotatable bonds is 3. The van der Waals surface area contributed by atoms with Gasteiger partial charge in [0, 0.05) is 37.6 Å². The number of fused-ring (bicyclic) bond motifs is 1. The lowest BCUT2D eigenvalue weighted by molar-refractivity contribution is -0.385. The van der Waals surface area contributed by atoms with Crippen LogP contribution in [0.25, 0.3) is 11.2 Å². The van der Waals surface area contributed by atoms with Crippen molar-refractivity contribution < 1.29 is 9.72 Å². The third kappa shape index (κ3) is 3.33. The summed E-state index contributed by atoms with van der Waals surface area (Å²) in [6.45, 7) is 0.854. The van der Waals surface area contributed by atoms with E-state index in [4.69, 9.17) is 0 Å². The lowest BCUT2D eigenvalue weighted by Gasteiger charge is -2.25. The molecule has 8 nitrogen and oxygen atoms in total. The van der Waals surface area contributed by atoms with Crippen LogP contribution in [0.15, 0.2) is 53.3 Å². The van der Waals surface area contributed by atoms with Crippen LogP contribution in [0.5, 0.6) is 0 Å². The molecule has 0 atom stereocenters. The van der Waals surface area contributed by atoms with E-state index in [0.29, 0.717) is 36.4 Å². The molecule has 0 saturated heterocycles. The van der Waals surface area contributed by atoms with Gasteiger partial charge in [0.05, 0.1) is 15.0 Å². The zero-order valence-electron chi connectivity index (χ0n) is 14.1. The number of hydrogen-bond acceptors (Lipinski definition) is 5. The monoisotopic (exact) mass is 427 g/mol. The first-order valence-electron chi connectivity index (χ1n) is 8.26. The molecule has 0 spiro atoms. The Kier molecular flexibility index (Phi) is 4.44. The van der Waals surface area contributed by atoms with Gasteiger partial charge in [-0.1, -0.05) is 18.2 Å². The van der Waals surface area contributed by atoms with Crippen molar-refractivity contribution in [2.75, 3.05) is 13.1 Å². The number of amides is 1. The standard InChI is InChI=1S/C18H14BrN5O3/c19-13-10-20-17-9-15(21-23(17)11-13)18(25)22-7-5-12(6-8-22)14-3-1-2-4-16(14)24(26)27/h1-5,9-11H,6-8H2. The minimum atomic E-state index is -0.379. The summed E-state index contributed by atoms with van der Waals surface area (Å²) in [6.07, 6.45) is 5.80. The predicted octanol–water partition coefficient (Wildman–Crippen LogP) is 3.33. The molecule has 3 aromatic rings. The number of nitrogens with zero attached hydrogens (tertiary/aromatic N) is 5. The second-order valence-electron chi connectivity index (χ2n) is 6.11. The van der Waals surface area contributed by atoms with E-state index < -0.39 is 0 Å². The van der Waals surface area contributed by atoms with Gasteiger partial charge in [-0.05, 0) is 34.0 Å². The molecule has 27 heavy (non-hydrogen) atoms. The van der Waals surface area contributed by atoms with E-state index in [1.807, 2.05) is 6.08 Å². The van der Waals surface area contributed by atoms with Crippen LogP contribution in [0, 0.1) is 10.1 Å². The molecule has 0 saturated carbocycles. The molecule has 136 valence electrons. The maximum Gasteiger partial charge on any atom is 0.276 e. The van der Waals surface area contributed by atoms with Gasteiger partial charge >= 0.3 is 0 Å². The average molecular weight is 428 g/mol. The van der Waals surface area contributed by atoms with Crippen LogP contribution in [0.1, 0.15) is 22.5 Å². The van der Waals surface area contributed by atoms with E-state index in [-0.39, 0.29) is 16.5 Å². The molecule has 1 aliphatic rings. The third-order valence-corrected chi connectivity index (χ3v) is 4.85. The molecule has 9 heteroatoms. The molecule has 0 radical (unpaired) electrons. The smallest absolute Gasteiger partial charge is 0.276 e. The van der Waals surface area contributed by atoms with Crippen LogP contribution in [-0.2, 0) is 0 Å². The Hall–Kier alpha value is -3.07. The highest BCUT2D eigenvalue weighted by molar-refractivity contribution is 9.10. The maximum absolute atomic E-state index is 12.7. The van der Waals surface area contributed by atoms with Crippen molar-refractivity contribution in [2.45, 2.75) is 6.42 Å². The Bertz CT molecular complexity index is 1090. The molecule has 1 aliphatic heterocycles. The van der Waals surface area contributed by atoms with Crippen LogP contribution >= 0.6 is 15.9 Å². The summed E-state index contributed by atoms with van der Waals surface area (Å²) in [6, 6.07) is 8.32. The summed E-state index contributed by atoms with van der Waals surface area (Å²) in [5.41, 5.74) is 2.49. The molecule has 1 aromatic carbocycles. The van der Waals surface area contributed by atoms with Gasteiger partial charge in [-0.3, -0.25) is 14.9 Å². The van der Waals surface area contributed by atoms with E-state index in [9.17, 15) is 14.9 Å². The van der Waals surface area contributed by atoms with E-state index in [0.717, 1.165) is 10.0 Å². The second kappa shape index (κ2) is 6.92. The molecule has 2 aromatic heterocycles. The van der Waals surface area contributed by atoms with Crippen LogP contribution in [0.4, 0.5) is 5.69 Å². The Labute approximate surface area is 162 Å². The third-order valence-electron chi connectivity index (χ3n) is 4.44. The maximum atomic E-state index is 12.7. The topological polar surface area (TPSA) is 93.6 Å². The summed E-state index contributed by atoms with van der Waals surface area (Å²) in [4.78, 5) is 29.5. The number of carbonyl (C=O) groups excluding carboxylic acids is 1. The summed E-state index contributed by atoms with van der Waals surface area (Å²) in [5, 5.41) is 15.5. The first-order chi connectivity index (χ1) is 13.0. The van der Waals surface area contributed by atoms with Crippen LogP contribution in [0.2, 0.25) is 0 Å². The molecule has 0 aliphatic carbocycles. The molecular formula is C18H14BrN5O3. The van der Waals surface area contributed by atoms with Crippen molar-refractivity contribution in [1.29, 1.82) is 0 Å². The normalized spacial score (nSPS) is 14.3. The van der Waals surface area contributed by atoms with Crippen molar-refractivity contribution in [2.24, 2.45) is 0 Å². The number of aromatic nitrogens is 3. The van der Waals surface area contributed by atoms with Gasteiger partial charge in [-0.15, -0.1) is 0 Å². The van der Waals surface area contributed by atoms with Gasteiger partial charge in [-0.25, -0.2) is 9.50 Å². The number of nitro benzene ring substituents is 1. The lowest BCUT2D eigenvalue weighted by atomic mass is 9.98. The molecule has 4 rings (SSSR count). The first kappa shape index (κ1) is 17.3. The molecule has 0 fully saturated rings. The number of hydrogen-bond donors (Lipinski definition) is 0. The largest absolute Gasteiger partial charge is 0.333 e. The van der Waals surface area contributed by atoms with Crippen molar-refractivity contribution in [3.63, 3.8) is 0 Å². The molecule has 0 unspecified atom stereocenters. The second-order valence-corrected chi connectivity index (χ2v) is 7.02. The van der Waals surface area contributed by atoms with Gasteiger partial charge in [0.25, 0.3) is 11.6 Å². The van der Waals surface area contributed by atoms with Gasteiger partial charge < -0.3 is 4.90 Å². The fourth-order valence-corrected chi connectivity index (χ4v) is 3.42. The number of carbonyl (C=O) groups is 1. The first-order valence-corrected chi connectivity index (χ1v) is 9.05. The SMILES string of the molecule is O=C(c1cc2ncc(Br)cn2n1)N1CC=C(c2ccccc2[N+](=O)[O-])CC1. The van der Waals surface area contributed by atoms with Gasteiger partial charge in [0.15, 0.2) is 11.3 Å². The molecule has 1 amide bonds. The summed E-state index contributed by atoms with van der Waals surface area (Å²) >= 11 is 3.33. The molecule has 0 bridgehead atoms. The van der Waals surface area contributed by atoms with E-state index in [1.165, 1.54) is 6.07 Å². The molecule has 0 N–H and O–H groups in total. The number of para-hydroxylation sites is 1. The van der Waals surface area contributed by atoms with Gasteiger partial charge in [0.2, 0.25) is 0 Å². The van der Waals surface area contributed by atoms with Crippen molar-refractivity contribution in [3.8, 4) is 0 Å². The fourth-order valence-electron chi connectivity index (χ4n) is 3.12. The Morgan fingerprint density at radius 1 is 1.30 bits per heavy atom. The van der Waals surface area contributed by atoms with Crippen LogP contribution in [0.3, 0.4) is 0 Å². The quantitative estimate of drug-likeness (QED) is 0.471. The molecular weight excluding hydrogens is 414 g/mol. The van der Waals surface area contributed by atoms with Crippen molar-refractivity contribution in [3.05, 3.63) is 74.6 Å². The van der Waals surface area contributed by atoms with Gasteiger partial charge in [0.1, 0.15) is 0 Å². The number of nitro groups is 1. The highest BCUT2D eigenvalue weighted by Crippen LogP contribution is 2.30. The van der Waals surface area contributed by atoms with Crippen molar-refractivity contribution >= 4 is 38.7 Å². The number of benzene rings is 1. The van der Waals surface area contributed by atoms with E-state index >= 15 is 0 Å². The minimum Gasteiger partial charge on any atom is -0.333 e. The Morgan fingerprint density at radius 3 is 2.85 bits per heavy atom. The van der Waals surface area contributed by atoms with E-state index in [2.05, 4.69) is 26.0 Å². The minimum absolute atomic E-state index is 0.0838. The van der Waals surface area contributed by atoms with Crippen LogP contribution in [-0.4, -0.2) is 43.4 Å². The Morgan fingerprint density at radius 2 is 2.11 bits per heavy atom. The summed E-state index contributed by atoms with van der Waals surface area (Å²) in [7, 11) is 0.